The molecule has 0 aliphatic carbocycles. The minimum atomic E-state index is -0.487. The molecule has 1 aliphatic rings. The zero-order valence-corrected chi connectivity index (χ0v) is 16.7. The molecule has 1 aliphatic heterocycles. The van der Waals surface area contributed by atoms with Crippen LogP contribution in [0.15, 0.2) is 36.9 Å². The summed E-state index contributed by atoms with van der Waals surface area (Å²) >= 11 is 0. The molecule has 1 N–H and O–H groups in total. The van der Waals surface area contributed by atoms with E-state index in [1.165, 1.54) is 16.8 Å². The van der Waals surface area contributed by atoms with Crippen molar-refractivity contribution < 1.29 is 14.5 Å². The molecule has 1 aromatic carbocycles. The van der Waals surface area contributed by atoms with Crippen LogP contribution in [0.3, 0.4) is 0 Å². The fourth-order valence-electron chi connectivity index (χ4n) is 3.21. The first kappa shape index (κ1) is 21.1. The molecule has 0 atom stereocenters. The SMILES string of the molecule is C=CCNC(=O)CN1CCN(C(=O)c2nnn(-c3cccc([N+](=O)[O-])c3)c2C)CC1. The maximum atomic E-state index is 12.9. The van der Waals surface area contributed by atoms with Crippen LogP contribution in [-0.2, 0) is 4.79 Å². The molecule has 2 amide bonds. The van der Waals surface area contributed by atoms with E-state index >= 15 is 0 Å². The summed E-state index contributed by atoms with van der Waals surface area (Å²) in [5.74, 6) is -0.328. The number of nitrogens with one attached hydrogen (secondary N) is 1. The lowest BCUT2D eigenvalue weighted by Gasteiger charge is -2.33. The lowest BCUT2D eigenvalue weighted by Crippen LogP contribution is -2.51. The predicted octanol–water partition coefficient (Wildman–Crippen LogP) is 0.544. The van der Waals surface area contributed by atoms with Crippen molar-refractivity contribution >= 4 is 17.5 Å². The summed E-state index contributed by atoms with van der Waals surface area (Å²) in [4.78, 5) is 38.9. The Kier molecular flexibility index (Phi) is 6.52. The highest BCUT2D eigenvalue weighted by atomic mass is 16.6. The van der Waals surface area contributed by atoms with Crippen LogP contribution in [0.1, 0.15) is 16.2 Å². The second-order valence-electron chi connectivity index (χ2n) is 6.87. The monoisotopic (exact) mass is 413 g/mol. The van der Waals surface area contributed by atoms with Crippen molar-refractivity contribution in [3.8, 4) is 5.69 Å². The molecule has 158 valence electrons. The number of carbonyl (C=O) groups is 2. The van der Waals surface area contributed by atoms with Gasteiger partial charge in [-0.1, -0.05) is 17.4 Å². The van der Waals surface area contributed by atoms with Crippen molar-refractivity contribution in [1.82, 2.24) is 30.1 Å². The van der Waals surface area contributed by atoms with E-state index in [4.69, 9.17) is 0 Å². The van der Waals surface area contributed by atoms with Gasteiger partial charge >= 0.3 is 0 Å². The third-order valence-electron chi connectivity index (χ3n) is 4.85. The summed E-state index contributed by atoms with van der Waals surface area (Å²) in [6.45, 7) is 8.05. The van der Waals surface area contributed by atoms with Gasteiger partial charge in [0.2, 0.25) is 5.91 Å². The van der Waals surface area contributed by atoms with Gasteiger partial charge in [-0.2, -0.15) is 0 Å². The number of nitro groups is 1. The average molecular weight is 413 g/mol. The summed E-state index contributed by atoms with van der Waals surface area (Å²) in [6.07, 6.45) is 1.62. The number of aromatic nitrogens is 3. The second kappa shape index (κ2) is 9.27. The maximum Gasteiger partial charge on any atom is 0.276 e. The van der Waals surface area contributed by atoms with Crippen LogP contribution in [0.5, 0.6) is 0 Å². The van der Waals surface area contributed by atoms with Crippen LogP contribution >= 0.6 is 0 Å². The number of benzene rings is 1. The second-order valence-corrected chi connectivity index (χ2v) is 6.87. The van der Waals surface area contributed by atoms with Gasteiger partial charge in [-0.15, -0.1) is 11.7 Å². The van der Waals surface area contributed by atoms with Crippen LogP contribution in [0.4, 0.5) is 5.69 Å². The summed E-state index contributed by atoms with van der Waals surface area (Å²) in [7, 11) is 0. The van der Waals surface area contributed by atoms with E-state index in [2.05, 4.69) is 22.2 Å². The Morgan fingerprint density at radius 1 is 1.30 bits per heavy atom. The van der Waals surface area contributed by atoms with Gasteiger partial charge in [0, 0.05) is 44.9 Å². The number of hydrogen-bond acceptors (Lipinski definition) is 7. The lowest BCUT2D eigenvalue weighted by atomic mass is 10.2. The van der Waals surface area contributed by atoms with E-state index in [9.17, 15) is 19.7 Å². The predicted molar refractivity (Wildman–Crippen MR) is 108 cm³/mol. The van der Waals surface area contributed by atoms with Gasteiger partial charge in [0.05, 0.1) is 22.8 Å². The number of rotatable bonds is 7. The summed E-state index contributed by atoms with van der Waals surface area (Å²) in [6, 6.07) is 5.99. The Labute approximate surface area is 173 Å². The number of hydrogen-bond donors (Lipinski definition) is 1. The fourth-order valence-corrected chi connectivity index (χ4v) is 3.21. The number of nitro benzene ring substituents is 1. The van der Waals surface area contributed by atoms with Crippen LogP contribution in [-0.4, -0.2) is 80.8 Å². The Morgan fingerprint density at radius 2 is 2.03 bits per heavy atom. The fraction of sp³-hybridized carbons (Fsp3) is 0.368. The molecule has 2 heterocycles. The average Bonchev–Trinajstić information content (AvgIpc) is 3.13. The molecule has 30 heavy (non-hydrogen) atoms. The van der Waals surface area contributed by atoms with E-state index in [1.54, 1.807) is 30.0 Å². The van der Waals surface area contributed by atoms with Crippen LogP contribution in [0.25, 0.3) is 5.69 Å². The van der Waals surface area contributed by atoms with Gasteiger partial charge in [0.15, 0.2) is 5.69 Å². The molecule has 0 radical (unpaired) electrons. The first-order valence-corrected chi connectivity index (χ1v) is 9.47. The molecule has 1 saturated heterocycles. The highest BCUT2D eigenvalue weighted by molar-refractivity contribution is 5.93. The van der Waals surface area contributed by atoms with Gasteiger partial charge in [-0.3, -0.25) is 24.6 Å². The van der Waals surface area contributed by atoms with Crippen molar-refractivity contribution in [3.63, 3.8) is 0 Å². The first-order valence-electron chi connectivity index (χ1n) is 9.47. The number of non-ortho nitro benzene ring substituents is 1. The van der Waals surface area contributed by atoms with E-state index in [-0.39, 0.29) is 29.7 Å². The molecule has 0 saturated carbocycles. The Bertz CT molecular complexity index is 964. The van der Waals surface area contributed by atoms with Gasteiger partial charge in [0.1, 0.15) is 0 Å². The topological polar surface area (TPSA) is 127 Å². The summed E-state index contributed by atoms with van der Waals surface area (Å²) < 4.78 is 1.42. The van der Waals surface area contributed by atoms with Gasteiger partial charge in [-0.05, 0) is 13.0 Å². The maximum absolute atomic E-state index is 12.9. The number of amides is 2. The van der Waals surface area contributed by atoms with E-state index in [1.807, 2.05) is 4.90 Å². The third-order valence-corrected chi connectivity index (χ3v) is 4.85. The van der Waals surface area contributed by atoms with Crippen LogP contribution < -0.4 is 5.32 Å². The molecule has 11 nitrogen and oxygen atoms in total. The van der Waals surface area contributed by atoms with E-state index < -0.39 is 4.92 Å². The Hall–Kier alpha value is -3.60. The number of nitrogens with zero attached hydrogens (tertiary/aromatic N) is 6. The largest absolute Gasteiger partial charge is 0.352 e. The van der Waals surface area contributed by atoms with Gasteiger partial charge in [0.25, 0.3) is 11.6 Å². The molecule has 0 bridgehead atoms. The molecule has 0 spiro atoms. The highest BCUT2D eigenvalue weighted by Gasteiger charge is 2.27. The van der Waals surface area contributed by atoms with E-state index in [0.29, 0.717) is 44.1 Å². The molecular weight excluding hydrogens is 390 g/mol. The minimum absolute atomic E-state index is 0.0662. The third kappa shape index (κ3) is 4.69. The molecule has 0 unspecified atom stereocenters. The molecule has 1 aromatic heterocycles. The first-order chi connectivity index (χ1) is 14.4. The molecule has 1 fully saturated rings. The van der Waals surface area contributed by atoms with Crippen molar-refractivity contribution in [1.29, 1.82) is 0 Å². The molecular formula is C19H23N7O4. The summed E-state index contributed by atoms with van der Waals surface area (Å²) in [5, 5.41) is 21.8. The number of carbonyl (C=O) groups excluding carboxylic acids is 2. The standard InChI is InChI=1S/C19H23N7O4/c1-3-7-20-17(27)13-23-8-10-24(11-9-23)19(28)18-14(2)25(22-21-18)15-5-4-6-16(12-15)26(29)30/h3-6,12H,1,7-11,13H2,2H3,(H,20,27). The van der Waals surface area contributed by atoms with Crippen molar-refractivity contribution in [2.75, 3.05) is 39.3 Å². The Morgan fingerprint density at radius 3 is 2.70 bits per heavy atom. The molecule has 11 heteroatoms. The molecule has 2 aromatic rings. The highest BCUT2D eigenvalue weighted by Crippen LogP contribution is 2.19. The van der Waals surface area contributed by atoms with Crippen LogP contribution in [0.2, 0.25) is 0 Å². The summed E-state index contributed by atoms with van der Waals surface area (Å²) in [5.41, 5.74) is 1.11. The zero-order chi connectivity index (χ0) is 21.7. The molecule has 3 rings (SSSR count). The lowest BCUT2D eigenvalue weighted by molar-refractivity contribution is -0.384. The van der Waals surface area contributed by atoms with Crippen LogP contribution in [0, 0.1) is 17.0 Å². The van der Waals surface area contributed by atoms with Crippen molar-refractivity contribution in [2.24, 2.45) is 0 Å². The quantitative estimate of drug-likeness (QED) is 0.399. The smallest absolute Gasteiger partial charge is 0.276 e. The van der Waals surface area contributed by atoms with Crippen molar-refractivity contribution in [3.05, 3.63) is 58.4 Å². The number of piperazine rings is 1. The Balaban J connectivity index is 1.65. The van der Waals surface area contributed by atoms with Gasteiger partial charge < -0.3 is 10.2 Å². The van der Waals surface area contributed by atoms with E-state index in [0.717, 1.165) is 0 Å². The van der Waals surface area contributed by atoms with Crippen molar-refractivity contribution in [2.45, 2.75) is 6.92 Å². The zero-order valence-electron chi connectivity index (χ0n) is 16.7. The van der Waals surface area contributed by atoms with Gasteiger partial charge in [-0.25, -0.2) is 4.68 Å². The minimum Gasteiger partial charge on any atom is -0.352 e. The normalized spacial score (nSPS) is 14.4.